The molecule has 0 saturated carbocycles. The first kappa shape index (κ1) is 30.2. The van der Waals surface area contributed by atoms with Crippen molar-refractivity contribution < 1.29 is 4.74 Å². The molecular weight excluding hydrogens is 204 g/mol. The monoisotopic (exact) mass is 226 g/mol. The molecule has 0 bridgehead atoms. The molecule has 0 aromatic heterocycles. The Bertz CT molecular complexity index is 49.4. The molecule has 13 heavy (non-hydrogen) atoms. The molecular formula is C8H22Na4O. The van der Waals surface area contributed by atoms with Gasteiger partial charge in [-0.1, -0.05) is 26.7 Å². The van der Waals surface area contributed by atoms with E-state index in [9.17, 15) is 0 Å². The Balaban J connectivity index is -0.0000000533. The fourth-order valence-corrected chi connectivity index (χ4v) is 0.595. The minimum atomic E-state index is 0. The van der Waals surface area contributed by atoms with E-state index >= 15 is 0 Å². The average Bonchev–Trinajstić information content (AvgIpc) is 1.89. The van der Waals surface area contributed by atoms with Crippen LogP contribution in [0.5, 0.6) is 0 Å². The summed E-state index contributed by atoms with van der Waals surface area (Å²) in [6.45, 7) is 6.28. The Morgan fingerprint density at radius 2 is 1.00 bits per heavy atom. The predicted octanol–water partition coefficient (Wildman–Crippen LogP) is 0.00920. The van der Waals surface area contributed by atoms with Gasteiger partial charge in [-0.15, -0.1) is 0 Å². The van der Waals surface area contributed by atoms with Gasteiger partial charge in [0.1, 0.15) is 0 Å². The second kappa shape index (κ2) is 29.7. The third kappa shape index (κ3) is 31.4. The average molecular weight is 226 g/mol. The predicted molar refractivity (Wildman–Crippen MR) is 69.2 cm³/mol. The van der Waals surface area contributed by atoms with E-state index in [2.05, 4.69) is 13.8 Å². The van der Waals surface area contributed by atoms with Crippen LogP contribution in [0.2, 0.25) is 0 Å². The molecule has 0 fully saturated rings. The zero-order valence-electron chi connectivity index (χ0n) is 6.65. The third-order valence-electron chi connectivity index (χ3n) is 1.28. The van der Waals surface area contributed by atoms with Gasteiger partial charge in [-0.05, 0) is 12.8 Å². The summed E-state index contributed by atoms with van der Waals surface area (Å²) in [6, 6.07) is 0. The number of hydrogen-bond donors (Lipinski definition) is 0. The number of hydrogen-bond acceptors (Lipinski definition) is 1. The van der Waals surface area contributed by atoms with Crippen LogP contribution in [0.4, 0.5) is 0 Å². The van der Waals surface area contributed by atoms with Crippen molar-refractivity contribution in [1.82, 2.24) is 0 Å². The summed E-state index contributed by atoms with van der Waals surface area (Å²) in [7, 11) is 0. The Hall–Kier alpha value is 3.96. The van der Waals surface area contributed by atoms with Crippen molar-refractivity contribution in [2.75, 3.05) is 13.2 Å². The normalized spacial score (nSPS) is 6.92. The van der Waals surface area contributed by atoms with Crippen LogP contribution in [0.3, 0.4) is 0 Å². The summed E-state index contributed by atoms with van der Waals surface area (Å²) in [5, 5.41) is 0. The van der Waals surface area contributed by atoms with Gasteiger partial charge in [0, 0.05) is 13.2 Å². The van der Waals surface area contributed by atoms with Crippen LogP contribution in [0.15, 0.2) is 0 Å². The van der Waals surface area contributed by atoms with Crippen LogP contribution in [0, 0.1) is 0 Å². The molecule has 0 N–H and O–H groups in total. The van der Waals surface area contributed by atoms with E-state index in [4.69, 9.17) is 4.74 Å². The summed E-state index contributed by atoms with van der Waals surface area (Å²) >= 11 is 0. The molecule has 64 valence electrons. The fraction of sp³-hybridized carbons (Fsp3) is 1.00. The number of unbranched alkanes of at least 4 members (excludes halogenated alkanes) is 2. The molecule has 0 radical (unpaired) electrons. The first-order valence-corrected chi connectivity index (χ1v) is 3.99. The molecule has 0 aromatic carbocycles. The molecule has 0 saturated heterocycles. The molecule has 0 spiro atoms. The van der Waals surface area contributed by atoms with Crippen LogP contribution in [-0.4, -0.2) is 131 Å². The maximum absolute atomic E-state index is 5.31. The molecule has 0 aromatic rings. The van der Waals surface area contributed by atoms with E-state index in [0.717, 1.165) is 13.2 Å². The Morgan fingerprint density at radius 3 is 1.23 bits per heavy atom. The van der Waals surface area contributed by atoms with Gasteiger partial charge >= 0.3 is 118 Å². The second-order valence-corrected chi connectivity index (χ2v) is 2.32. The Kier molecular flexibility index (Phi) is 69.1. The summed E-state index contributed by atoms with van der Waals surface area (Å²) in [5.41, 5.74) is 0. The standard InChI is InChI=1S/C8H18O.4Na.4H/c1-3-5-7-9-8-6-4-2;;;;;;;;/h3-8H2,1-2H3;;;;;;;;. The third-order valence-corrected chi connectivity index (χ3v) is 1.28. The quantitative estimate of drug-likeness (QED) is 0.458. The minimum absolute atomic E-state index is 0. The zero-order chi connectivity index (χ0) is 6.95. The van der Waals surface area contributed by atoms with Crippen LogP contribution in [0.1, 0.15) is 39.5 Å². The number of rotatable bonds is 6. The summed E-state index contributed by atoms with van der Waals surface area (Å²) in [4.78, 5) is 0. The molecule has 0 unspecified atom stereocenters. The molecule has 0 rings (SSSR count). The van der Waals surface area contributed by atoms with E-state index < -0.39 is 0 Å². The van der Waals surface area contributed by atoms with Crippen LogP contribution in [-0.2, 0) is 4.74 Å². The summed E-state index contributed by atoms with van der Waals surface area (Å²) in [5.74, 6) is 0. The first-order valence-electron chi connectivity index (χ1n) is 3.99. The summed E-state index contributed by atoms with van der Waals surface area (Å²) in [6.07, 6.45) is 4.91. The molecule has 0 atom stereocenters. The van der Waals surface area contributed by atoms with Crippen molar-refractivity contribution in [2.24, 2.45) is 0 Å². The molecule has 0 aliphatic carbocycles. The van der Waals surface area contributed by atoms with Gasteiger partial charge in [0.2, 0.25) is 0 Å². The summed E-state index contributed by atoms with van der Waals surface area (Å²) < 4.78 is 5.31. The van der Waals surface area contributed by atoms with Gasteiger partial charge in [0.25, 0.3) is 0 Å². The van der Waals surface area contributed by atoms with E-state index in [1.807, 2.05) is 0 Å². The Morgan fingerprint density at radius 1 is 0.692 bits per heavy atom. The SMILES string of the molecule is CCCCOCCCC.[NaH].[NaH].[NaH].[NaH]. The molecule has 1 nitrogen and oxygen atoms in total. The number of ether oxygens (including phenoxy) is 1. The van der Waals surface area contributed by atoms with Gasteiger partial charge in [-0.25, -0.2) is 0 Å². The van der Waals surface area contributed by atoms with Crippen LogP contribution in [0.25, 0.3) is 0 Å². The molecule has 0 heterocycles. The topological polar surface area (TPSA) is 9.23 Å². The van der Waals surface area contributed by atoms with Gasteiger partial charge < -0.3 is 4.74 Å². The van der Waals surface area contributed by atoms with Crippen molar-refractivity contribution in [3.8, 4) is 0 Å². The molecule has 0 aliphatic rings. The van der Waals surface area contributed by atoms with Crippen molar-refractivity contribution in [2.45, 2.75) is 39.5 Å². The van der Waals surface area contributed by atoms with Gasteiger partial charge in [-0.2, -0.15) is 0 Å². The molecule has 0 aliphatic heterocycles. The first-order chi connectivity index (χ1) is 4.41. The van der Waals surface area contributed by atoms with E-state index in [1.165, 1.54) is 25.7 Å². The van der Waals surface area contributed by atoms with Gasteiger partial charge in [0.05, 0.1) is 0 Å². The van der Waals surface area contributed by atoms with Gasteiger partial charge in [0.15, 0.2) is 0 Å². The van der Waals surface area contributed by atoms with E-state index in [0.29, 0.717) is 0 Å². The van der Waals surface area contributed by atoms with Crippen molar-refractivity contribution in [3.63, 3.8) is 0 Å². The van der Waals surface area contributed by atoms with Crippen LogP contribution >= 0.6 is 0 Å². The van der Waals surface area contributed by atoms with E-state index in [1.54, 1.807) is 0 Å². The van der Waals surface area contributed by atoms with Crippen molar-refractivity contribution >= 4 is 118 Å². The molecule has 0 amide bonds. The zero-order valence-corrected chi connectivity index (χ0v) is 6.65. The van der Waals surface area contributed by atoms with Crippen molar-refractivity contribution in [1.29, 1.82) is 0 Å². The fourth-order valence-electron chi connectivity index (χ4n) is 0.595. The van der Waals surface area contributed by atoms with Crippen LogP contribution < -0.4 is 0 Å². The Labute approximate surface area is 172 Å². The van der Waals surface area contributed by atoms with Crippen molar-refractivity contribution in [3.05, 3.63) is 0 Å². The van der Waals surface area contributed by atoms with Gasteiger partial charge in [-0.3, -0.25) is 0 Å². The molecule has 5 heteroatoms. The van der Waals surface area contributed by atoms with E-state index in [-0.39, 0.29) is 118 Å². The second-order valence-electron chi connectivity index (χ2n) is 2.32. The maximum atomic E-state index is 5.31.